The van der Waals surface area contributed by atoms with Crippen molar-refractivity contribution in [3.8, 4) is 0 Å². The minimum Gasteiger partial charge on any atom is -0.475 e. The minimum absolute atomic E-state index is 0.282. The van der Waals surface area contributed by atoms with E-state index in [9.17, 15) is 26.3 Å². The molecule has 32 heavy (non-hydrogen) atoms. The smallest absolute Gasteiger partial charge is 0.475 e. The maximum Gasteiger partial charge on any atom is 0.490 e. The Kier molecular flexibility index (Phi) is 10.2. The lowest BCUT2D eigenvalue weighted by molar-refractivity contribution is -0.193. The van der Waals surface area contributed by atoms with E-state index in [0.717, 1.165) is 39.4 Å². The van der Waals surface area contributed by atoms with Gasteiger partial charge in [-0.15, -0.1) is 0 Å². The third kappa shape index (κ3) is 9.68. The average Bonchev–Trinajstić information content (AvgIpc) is 2.91. The van der Waals surface area contributed by atoms with Crippen LogP contribution in [0, 0.1) is 5.41 Å². The SMILES string of the molecule is O=C(O)C(F)(F)F.O=C(O)C(F)(F)F.c1cncc(N2CCOCC3(CCCNC3)C2)c1. The molecule has 1 unspecified atom stereocenters. The molecule has 3 N–H and O–H groups in total. The molecule has 1 spiro atoms. The van der Waals surface area contributed by atoms with E-state index < -0.39 is 24.3 Å². The van der Waals surface area contributed by atoms with Gasteiger partial charge in [0.15, 0.2) is 0 Å². The number of ether oxygens (including phenoxy) is 1. The number of hydrogen-bond donors (Lipinski definition) is 3. The molecule has 3 rings (SSSR count). The Bertz CT molecular complexity index is 700. The maximum absolute atomic E-state index is 10.6. The lowest BCUT2D eigenvalue weighted by atomic mass is 9.81. The van der Waals surface area contributed by atoms with Crippen LogP contribution < -0.4 is 10.2 Å². The molecular weight excluding hydrogens is 452 g/mol. The van der Waals surface area contributed by atoms with Gasteiger partial charge >= 0.3 is 24.3 Å². The summed E-state index contributed by atoms with van der Waals surface area (Å²) >= 11 is 0. The number of nitrogens with zero attached hydrogens (tertiary/aromatic N) is 2. The van der Waals surface area contributed by atoms with Crippen LogP contribution in [-0.2, 0) is 14.3 Å². The second-order valence-corrected chi connectivity index (χ2v) is 7.07. The fourth-order valence-electron chi connectivity index (χ4n) is 3.04. The molecule has 14 heteroatoms. The number of piperidine rings is 1. The average molecular weight is 475 g/mol. The van der Waals surface area contributed by atoms with E-state index in [2.05, 4.69) is 21.3 Å². The highest BCUT2D eigenvalue weighted by Crippen LogP contribution is 2.31. The normalized spacial score (nSPS) is 21.4. The molecule has 0 aromatic carbocycles. The number of aliphatic carboxylic acids is 2. The predicted molar refractivity (Wildman–Crippen MR) is 99.2 cm³/mol. The van der Waals surface area contributed by atoms with Crippen molar-refractivity contribution in [2.45, 2.75) is 25.2 Å². The van der Waals surface area contributed by atoms with Crippen LogP contribution in [0.25, 0.3) is 0 Å². The summed E-state index contributed by atoms with van der Waals surface area (Å²) in [6.45, 7) is 5.96. The Morgan fingerprint density at radius 3 is 2.16 bits per heavy atom. The number of hydrogen-bond acceptors (Lipinski definition) is 6. The van der Waals surface area contributed by atoms with Crippen molar-refractivity contribution in [2.24, 2.45) is 5.41 Å². The molecule has 1 aromatic heterocycles. The molecule has 0 saturated carbocycles. The molecule has 3 heterocycles. The van der Waals surface area contributed by atoms with Crippen molar-refractivity contribution in [2.75, 3.05) is 44.3 Å². The number of carboxylic acids is 2. The third-order valence-corrected chi connectivity index (χ3v) is 4.50. The first-order valence-corrected chi connectivity index (χ1v) is 9.30. The van der Waals surface area contributed by atoms with Gasteiger partial charge in [-0.25, -0.2) is 9.59 Å². The van der Waals surface area contributed by atoms with Crippen molar-refractivity contribution < 1.29 is 50.9 Å². The third-order valence-electron chi connectivity index (χ3n) is 4.50. The molecular formula is C18H23F6N3O5. The molecule has 0 radical (unpaired) electrons. The number of carbonyl (C=O) groups is 2. The van der Waals surface area contributed by atoms with Gasteiger partial charge in [0.1, 0.15) is 0 Å². The molecule has 1 aromatic rings. The number of halogens is 6. The molecule has 0 aliphatic carbocycles. The first-order chi connectivity index (χ1) is 14.8. The molecule has 2 saturated heterocycles. The van der Waals surface area contributed by atoms with Gasteiger partial charge in [0.05, 0.1) is 25.1 Å². The van der Waals surface area contributed by atoms with Gasteiger partial charge < -0.3 is 25.2 Å². The Hall–Kier alpha value is -2.61. The predicted octanol–water partition coefficient (Wildman–Crippen LogP) is 2.55. The number of carboxylic acid groups (broad SMARTS) is 2. The van der Waals surface area contributed by atoms with Gasteiger partial charge in [-0.2, -0.15) is 26.3 Å². The largest absolute Gasteiger partial charge is 0.490 e. The fourth-order valence-corrected chi connectivity index (χ4v) is 3.04. The van der Waals surface area contributed by atoms with Gasteiger partial charge in [0.2, 0.25) is 0 Å². The van der Waals surface area contributed by atoms with Crippen LogP contribution >= 0.6 is 0 Å². The molecule has 2 aliphatic heterocycles. The zero-order chi connectivity index (χ0) is 24.4. The van der Waals surface area contributed by atoms with Crippen LogP contribution in [0.4, 0.5) is 32.0 Å². The van der Waals surface area contributed by atoms with Crippen molar-refractivity contribution in [3.63, 3.8) is 0 Å². The lowest BCUT2D eigenvalue weighted by Crippen LogP contribution is -2.48. The maximum atomic E-state index is 10.6. The summed E-state index contributed by atoms with van der Waals surface area (Å²) < 4.78 is 69.3. The summed E-state index contributed by atoms with van der Waals surface area (Å²) in [7, 11) is 0. The lowest BCUT2D eigenvalue weighted by Gasteiger charge is -2.39. The second-order valence-electron chi connectivity index (χ2n) is 7.07. The molecule has 8 nitrogen and oxygen atoms in total. The summed E-state index contributed by atoms with van der Waals surface area (Å²) in [5.74, 6) is -5.51. The number of nitrogens with one attached hydrogen (secondary N) is 1. The van der Waals surface area contributed by atoms with Crippen LogP contribution in [0.2, 0.25) is 0 Å². The quantitative estimate of drug-likeness (QED) is 0.532. The highest BCUT2D eigenvalue weighted by molar-refractivity contribution is 5.73. The molecule has 2 fully saturated rings. The summed E-state index contributed by atoms with van der Waals surface area (Å²) in [5.41, 5.74) is 1.50. The molecule has 0 amide bonds. The number of rotatable bonds is 1. The van der Waals surface area contributed by atoms with Crippen molar-refractivity contribution in [3.05, 3.63) is 24.5 Å². The number of anilines is 1. The Labute approximate surface area is 179 Å². The zero-order valence-electron chi connectivity index (χ0n) is 16.7. The zero-order valence-corrected chi connectivity index (χ0v) is 16.7. The summed E-state index contributed by atoms with van der Waals surface area (Å²) in [4.78, 5) is 24.4. The van der Waals surface area contributed by atoms with Crippen LogP contribution in [0.5, 0.6) is 0 Å². The highest BCUT2D eigenvalue weighted by Gasteiger charge is 2.39. The van der Waals surface area contributed by atoms with E-state index in [-0.39, 0.29) is 5.41 Å². The van der Waals surface area contributed by atoms with E-state index in [4.69, 9.17) is 24.5 Å². The van der Waals surface area contributed by atoms with Crippen LogP contribution in [-0.4, -0.2) is 78.9 Å². The van der Waals surface area contributed by atoms with Gasteiger partial charge in [-0.05, 0) is 31.5 Å². The Balaban J connectivity index is 0.000000305. The molecule has 0 bridgehead atoms. The van der Waals surface area contributed by atoms with E-state index in [1.165, 1.54) is 18.5 Å². The van der Waals surface area contributed by atoms with E-state index in [1.807, 2.05) is 18.5 Å². The fraction of sp³-hybridized carbons (Fsp3) is 0.611. The summed E-state index contributed by atoms with van der Waals surface area (Å²) in [6, 6.07) is 4.15. The Morgan fingerprint density at radius 2 is 1.72 bits per heavy atom. The van der Waals surface area contributed by atoms with Gasteiger partial charge in [0.25, 0.3) is 0 Å². The minimum atomic E-state index is -5.08. The van der Waals surface area contributed by atoms with Crippen LogP contribution in [0.3, 0.4) is 0 Å². The second kappa shape index (κ2) is 11.9. The molecule has 182 valence electrons. The van der Waals surface area contributed by atoms with Crippen LogP contribution in [0.1, 0.15) is 12.8 Å². The summed E-state index contributed by atoms with van der Waals surface area (Å²) in [6.07, 6.45) is -3.87. The van der Waals surface area contributed by atoms with Gasteiger partial charge in [-0.3, -0.25) is 4.98 Å². The first kappa shape index (κ1) is 27.4. The van der Waals surface area contributed by atoms with E-state index in [0.29, 0.717) is 0 Å². The van der Waals surface area contributed by atoms with Crippen molar-refractivity contribution in [1.29, 1.82) is 0 Å². The number of aromatic nitrogens is 1. The van der Waals surface area contributed by atoms with Gasteiger partial charge in [0, 0.05) is 31.2 Å². The van der Waals surface area contributed by atoms with Crippen molar-refractivity contribution in [1.82, 2.24) is 10.3 Å². The summed E-state index contributed by atoms with van der Waals surface area (Å²) in [5, 5.41) is 17.8. The van der Waals surface area contributed by atoms with Gasteiger partial charge in [-0.1, -0.05) is 0 Å². The number of alkyl halides is 6. The van der Waals surface area contributed by atoms with Crippen molar-refractivity contribution >= 4 is 17.6 Å². The molecule has 2 aliphatic rings. The first-order valence-electron chi connectivity index (χ1n) is 9.30. The Morgan fingerprint density at radius 1 is 1.12 bits per heavy atom. The monoisotopic (exact) mass is 475 g/mol. The number of pyridine rings is 1. The van der Waals surface area contributed by atoms with E-state index in [1.54, 1.807) is 0 Å². The van der Waals surface area contributed by atoms with Crippen LogP contribution in [0.15, 0.2) is 24.5 Å². The topological polar surface area (TPSA) is 112 Å². The standard InChI is InChI=1S/C14H21N3O.2C2HF3O2/c1-3-13(9-15-5-1)17-7-8-18-12-14(11-17)4-2-6-16-10-14;2*3-2(4,5)1(6)7/h1,3,5,9,16H,2,4,6-8,10-12H2;2*(H,6,7). The molecule has 1 atom stereocenters. The van der Waals surface area contributed by atoms with E-state index >= 15 is 0 Å². The highest BCUT2D eigenvalue weighted by atomic mass is 19.4.